The van der Waals surface area contributed by atoms with E-state index >= 15 is 0 Å². The molecule has 2 aromatic heterocycles. The minimum atomic E-state index is 0.0736. The Hall–Kier alpha value is -1.76. The van der Waals surface area contributed by atoms with Crippen molar-refractivity contribution in [3.05, 3.63) is 30.5 Å². The highest BCUT2D eigenvalue weighted by atomic mass is 32.2. The molecule has 2 aromatic rings. The van der Waals surface area contributed by atoms with E-state index in [-0.39, 0.29) is 5.91 Å². The SMILES string of the molecule is O=C(CSc1nncn1Cc1ccco1)NC1CCCCC1. The Kier molecular flexibility index (Phi) is 5.15. The van der Waals surface area contributed by atoms with Gasteiger partial charge in [0.15, 0.2) is 5.16 Å². The lowest BCUT2D eigenvalue weighted by molar-refractivity contribution is -0.119. The second-order valence-electron chi connectivity index (χ2n) is 5.51. The van der Waals surface area contributed by atoms with E-state index in [0.29, 0.717) is 18.3 Å². The predicted molar refractivity (Wildman–Crippen MR) is 83.6 cm³/mol. The second-order valence-corrected chi connectivity index (χ2v) is 6.45. The third-order valence-corrected chi connectivity index (χ3v) is 4.77. The number of amides is 1. The molecule has 6 nitrogen and oxygen atoms in total. The monoisotopic (exact) mass is 320 g/mol. The van der Waals surface area contributed by atoms with Crippen molar-refractivity contribution in [3.63, 3.8) is 0 Å². The van der Waals surface area contributed by atoms with Gasteiger partial charge in [-0.2, -0.15) is 0 Å². The minimum Gasteiger partial charge on any atom is -0.467 e. The summed E-state index contributed by atoms with van der Waals surface area (Å²) in [6.07, 6.45) is 9.23. The van der Waals surface area contributed by atoms with E-state index in [9.17, 15) is 4.79 Å². The first kappa shape index (κ1) is 15.1. The highest BCUT2D eigenvalue weighted by Gasteiger charge is 2.16. The first-order chi connectivity index (χ1) is 10.8. The fourth-order valence-electron chi connectivity index (χ4n) is 2.68. The third-order valence-electron chi connectivity index (χ3n) is 3.79. The van der Waals surface area contributed by atoms with Crippen LogP contribution < -0.4 is 5.32 Å². The lowest BCUT2D eigenvalue weighted by Gasteiger charge is -2.22. The molecule has 1 N–H and O–H groups in total. The average Bonchev–Trinajstić information content (AvgIpc) is 3.19. The Balaban J connectivity index is 1.49. The zero-order chi connectivity index (χ0) is 15.2. The predicted octanol–water partition coefficient (Wildman–Crippen LogP) is 2.46. The summed E-state index contributed by atoms with van der Waals surface area (Å²) >= 11 is 1.41. The number of carbonyl (C=O) groups is 1. The molecular formula is C15H20N4O2S. The first-order valence-corrected chi connectivity index (χ1v) is 8.62. The lowest BCUT2D eigenvalue weighted by Crippen LogP contribution is -2.37. The minimum absolute atomic E-state index is 0.0736. The van der Waals surface area contributed by atoms with Crippen LogP contribution in [-0.4, -0.2) is 32.5 Å². The lowest BCUT2D eigenvalue weighted by atomic mass is 9.95. The zero-order valence-corrected chi connectivity index (χ0v) is 13.2. The van der Waals surface area contributed by atoms with Crippen LogP contribution in [0.25, 0.3) is 0 Å². The molecule has 1 fully saturated rings. The standard InChI is InChI=1S/C15H20N4O2S/c20-14(17-12-5-2-1-3-6-12)10-22-15-18-16-11-19(15)9-13-7-4-8-21-13/h4,7-8,11-12H,1-3,5-6,9-10H2,(H,17,20). The number of carbonyl (C=O) groups excluding carboxylic acids is 1. The van der Waals surface area contributed by atoms with Crippen LogP contribution in [0, 0.1) is 0 Å². The Morgan fingerprint density at radius 2 is 2.27 bits per heavy atom. The van der Waals surface area contributed by atoms with E-state index < -0.39 is 0 Å². The van der Waals surface area contributed by atoms with Crippen molar-refractivity contribution < 1.29 is 9.21 Å². The van der Waals surface area contributed by atoms with Crippen LogP contribution in [0.4, 0.5) is 0 Å². The molecule has 0 saturated heterocycles. The maximum absolute atomic E-state index is 12.0. The quantitative estimate of drug-likeness (QED) is 0.828. The molecule has 0 unspecified atom stereocenters. The van der Waals surface area contributed by atoms with Crippen molar-refractivity contribution in [1.82, 2.24) is 20.1 Å². The summed E-state index contributed by atoms with van der Waals surface area (Å²) in [4.78, 5) is 12.0. The van der Waals surface area contributed by atoms with Crippen LogP contribution in [-0.2, 0) is 11.3 Å². The Bertz CT molecular complexity index is 590. The van der Waals surface area contributed by atoms with E-state index in [1.165, 1.54) is 31.0 Å². The number of furan rings is 1. The Morgan fingerprint density at radius 3 is 3.05 bits per heavy atom. The molecule has 118 valence electrons. The molecule has 0 bridgehead atoms. The summed E-state index contributed by atoms with van der Waals surface area (Å²) in [6, 6.07) is 4.11. The van der Waals surface area contributed by atoms with Crippen LogP contribution >= 0.6 is 11.8 Å². The fraction of sp³-hybridized carbons (Fsp3) is 0.533. The molecule has 0 spiro atoms. The maximum Gasteiger partial charge on any atom is 0.230 e. The van der Waals surface area contributed by atoms with Crippen LogP contribution in [0.5, 0.6) is 0 Å². The van der Waals surface area contributed by atoms with Crippen LogP contribution in [0.15, 0.2) is 34.3 Å². The molecule has 3 rings (SSSR count). The zero-order valence-electron chi connectivity index (χ0n) is 12.4. The van der Waals surface area contributed by atoms with E-state index in [1.54, 1.807) is 12.6 Å². The van der Waals surface area contributed by atoms with Gasteiger partial charge in [0.1, 0.15) is 12.1 Å². The van der Waals surface area contributed by atoms with Crippen molar-refractivity contribution in [1.29, 1.82) is 0 Å². The van der Waals surface area contributed by atoms with Gasteiger partial charge in [-0.1, -0.05) is 31.0 Å². The van der Waals surface area contributed by atoms with Gasteiger partial charge in [-0.3, -0.25) is 4.79 Å². The van der Waals surface area contributed by atoms with Gasteiger partial charge in [0.2, 0.25) is 5.91 Å². The molecule has 0 radical (unpaired) electrons. The number of nitrogens with zero attached hydrogens (tertiary/aromatic N) is 3. The van der Waals surface area contributed by atoms with Gasteiger partial charge in [-0.25, -0.2) is 0 Å². The largest absolute Gasteiger partial charge is 0.467 e. The summed E-state index contributed by atoms with van der Waals surface area (Å²) in [5.41, 5.74) is 0. The van der Waals surface area contributed by atoms with Gasteiger partial charge in [0.05, 0.1) is 18.6 Å². The molecule has 1 aliphatic rings. The molecule has 0 aliphatic heterocycles. The van der Waals surface area contributed by atoms with Crippen LogP contribution in [0.3, 0.4) is 0 Å². The molecule has 0 aromatic carbocycles. The van der Waals surface area contributed by atoms with Crippen molar-refractivity contribution in [2.75, 3.05) is 5.75 Å². The highest BCUT2D eigenvalue weighted by molar-refractivity contribution is 7.99. The van der Waals surface area contributed by atoms with Gasteiger partial charge in [0, 0.05) is 6.04 Å². The topological polar surface area (TPSA) is 73.0 Å². The van der Waals surface area contributed by atoms with Crippen molar-refractivity contribution in [3.8, 4) is 0 Å². The van der Waals surface area contributed by atoms with Gasteiger partial charge in [-0.15, -0.1) is 10.2 Å². The van der Waals surface area contributed by atoms with Crippen LogP contribution in [0.2, 0.25) is 0 Å². The smallest absolute Gasteiger partial charge is 0.230 e. The summed E-state index contributed by atoms with van der Waals surface area (Å²) in [5, 5.41) is 11.8. The third kappa shape index (κ3) is 4.13. The highest BCUT2D eigenvalue weighted by Crippen LogP contribution is 2.19. The van der Waals surface area contributed by atoms with Crippen molar-refractivity contribution in [2.45, 2.75) is 49.8 Å². The van der Waals surface area contributed by atoms with Crippen molar-refractivity contribution in [2.24, 2.45) is 0 Å². The normalized spacial score (nSPS) is 15.8. The Labute approximate surface area is 133 Å². The van der Waals surface area contributed by atoms with Gasteiger partial charge in [0.25, 0.3) is 0 Å². The number of thioether (sulfide) groups is 1. The fourth-order valence-corrected chi connectivity index (χ4v) is 3.41. The molecule has 2 heterocycles. The number of hydrogen-bond acceptors (Lipinski definition) is 5. The molecule has 1 saturated carbocycles. The van der Waals surface area contributed by atoms with E-state index in [2.05, 4.69) is 15.5 Å². The molecule has 1 amide bonds. The molecule has 22 heavy (non-hydrogen) atoms. The van der Waals surface area contributed by atoms with E-state index in [1.807, 2.05) is 16.7 Å². The first-order valence-electron chi connectivity index (χ1n) is 7.63. The van der Waals surface area contributed by atoms with Gasteiger partial charge in [-0.05, 0) is 25.0 Å². The summed E-state index contributed by atoms with van der Waals surface area (Å²) in [5.74, 6) is 1.28. The van der Waals surface area contributed by atoms with E-state index in [4.69, 9.17) is 4.42 Å². The number of rotatable bonds is 6. The Morgan fingerprint density at radius 1 is 1.41 bits per heavy atom. The molecule has 0 atom stereocenters. The van der Waals surface area contributed by atoms with E-state index in [0.717, 1.165) is 23.8 Å². The summed E-state index contributed by atoms with van der Waals surface area (Å²) in [7, 11) is 0. The second kappa shape index (κ2) is 7.49. The number of nitrogens with one attached hydrogen (secondary N) is 1. The van der Waals surface area contributed by atoms with Gasteiger partial charge >= 0.3 is 0 Å². The molecule has 7 heteroatoms. The summed E-state index contributed by atoms with van der Waals surface area (Å²) in [6.45, 7) is 0.576. The number of hydrogen-bond donors (Lipinski definition) is 1. The number of aromatic nitrogens is 3. The average molecular weight is 320 g/mol. The van der Waals surface area contributed by atoms with Gasteiger partial charge < -0.3 is 14.3 Å². The van der Waals surface area contributed by atoms with Crippen LogP contribution in [0.1, 0.15) is 37.9 Å². The maximum atomic E-state index is 12.0. The molecular weight excluding hydrogens is 300 g/mol. The summed E-state index contributed by atoms with van der Waals surface area (Å²) < 4.78 is 7.21. The molecule has 1 aliphatic carbocycles. The van der Waals surface area contributed by atoms with Crippen molar-refractivity contribution >= 4 is 17.7 Å².